The van der Waals surface area contributed by atoms with Crippen molar-refractivity contribution in [1.29, 1.82) is 0 Å². The lowest BCUT2D eigenvalue weighted by Gasteiger charge is -2.09. The second-order valence-electron chi connectivity index (χ2n) is 3.86. The largest absolute Gasteiger partial charge is 0.423 e. The molecule has 0 bridgehead atoms. The summed E-state index contributed by atoms with van der Waals surface area (Å²) < 4.78 is 5.68. The molecule has 17 heavy (non-hydrogen) atoms. The van der Waals surface area contributed by atoms with Gasteiger partial charge in [-0.05, 0) is 35.4 Å². The van der Waals surface area contributed by atoms with E-state index in [4.69, 9.17) is 4.42 Å². The van der Waals surface area contributed by atoms with E-state index in [1.165, 1.54) is 5.56 Å². The Labute approximate surface area is 105 Å². The fraction of sp³-hybridized carbons (Fsp3) is 0.500. The van der Waals surface area contributed by atoms with Gasteiger partial charge >= 0.3 is 0 Å². The number of rotatable bonds is 6. The first-order valence-electron chi connectivity index (χ1n) is 5.90. The van der Waals surface area contributed by atoms with Crippen LogP contribution >= 0.6 is 11.3 Å². The monoisotopic (exact) mass is 251 g/mol. The molecule has 0 aliphatic carbocycles. The minimum Gasteiger partial charge on any atom is -0.423 e. The minimum atomic E-state index is 0.170. The third-order valence-electron chi connectivity index (χ3n) is 2.57. The number of hydrogen-bond donors (Lipinski definition) is 1. The molecule has 1 unspecified atom stereocenters. The molecule has 0 saturated carbocycles. The molecule has 2 aromatic heterocycles. The Balaban J connectivity index is 2.04. The van der Waals surface area contributed by atoms with Crippen molar-refractivity contribution >= 4 is 11.3 Å². The van der Waals surface area contributed by atoms with Gasteiger partial charge in [0.15, 0.2) is 0 Å². The molecular weight excluding hydrogens is 234 g/mol. The fourth-order valence-corrected chi connectivity index (χ4v) is 2.37. The summed E-state index contributed by atoms with van der Waals surface area (Å²) in [5.41, 5.74) is 1.22. The average Bonchev–Trinajstić information content (AvgIpc) is 2.98. The van der Waals surface area contributed by atoms with Crippen LogP contribution in [0.2, 0.25) is 0 Å². The summed E-state index contributed by atoms with van der Waals surface area (Å²) in [6.07, 6.45) is 1.67. The van der Waals surface area contributed by atoms with Gasteiger partial charge in [-0.2, -0.15) is 11.3 Å². The quantitative estimate of drug-likeness (QED) is 0.857. The van der Waals surface area contributed by atoms with Crippen molar-refractivity contribution in [3.8, 4) is 0 Å². The van der Waals surface area contributed by atoms with Crippen molar-refractivity contribution in [2.75, 3.05) is 6.54 Å². The number of aromatic nitrogens is 2. The van der Waals surface area contributed by atoms with E-state index in [1.807, 2.05) is 0 Å². The van der Waals surface area contributed by atoms with Crippen LogP contribution in [0.25, 0.3) is 0 Å². The van der Waals surface area contributed by atoms with Crippen LogP contribution in [-0.2, 0) is 6.42 Å². The van der Waals surface area contributed by atoms with Crippen LogP contribution in [0.1, 0.15) is 43.7 Å². The maximum absolute atomic E-state index is 5.68. The Morgan fingerprint density at radius 2 is 2.29 bits per heavy atom. The summed E-state index contributed by atoms with van der Waals surface area (Å²) in [6, 6.07) is 2.25. The molecule has 0 fully saturated rings. The Hall–Kier alpha value is -1.20. The predicted molar refractivity (Wildman–Crippen MR) is 68.1 cm³/mol. The molecule has 0 aliphatic heterocycles. The van der Waals surface area contributed by atoms with Crippen LogP contribution in [0.4, 0.5) is 0 Å². The fourth-order valence-electron chi connectivity index (χ4n) is 1.70. The highest BCUT2D eigenvalue weighted by molar-refractivity contribution is 7.07. The number of thiophene rings is 1. The smallest absolute Gasteiger partial charge is 0.233 e. The summed E-state index contributed by atoms with van der Waals surface area (Å²) in [4.78, 5) is 0. The van der Waals surface area contributed by atoms with E-state index in [0.29, 0.717) is 11.8 Å². The molecule has 1 atom stereocenters. The lowest BCUT2D eigenvalue weighted by atomic mass is 10.2. The van der Waals surface area contributed by atoms with Gasteiger partial charge in [-0.1, -0.05) is 13.8 Å². The summed E-state index contributed by atoms with van der Waals surface area (Å²) >= 11 is 1.68. The molecule has 0 aromatic carbocycles. The van der Waals surface area contributed by atoms with Crippen LogP contribution in [0, 0.1) is 0 Å². The Morgan fingerprint density at radius 3 is 2.94 bits per heavy atom. The minimum absolute atomic E-state index is 0.170. The standard InChI is InChI=1S/C12H17N3OS/c1-3-10(13-4-2)12-15-14-11(16-12)7-9-5-6-17-8-9/h5-6,8,10,13H,3-4,7H2,1-2H3. The molecule has 0 aliphatic rings. The second kappa shape index (κ2) is 5.93. The molecule has 0 saturated heterocycles. The lowest BCUT2D eigenvalue weighted by molar-refractivity contribution is 0.380. The number of nitrogens with zero attached hydrogens (tertiary/aromatic N) is 2. The van der Waals surface area contributed by atoms with E-state index in [1.54, 1.807) is 11.3 Å². The molecule has 2 heterocycles. The van der Waals surface area contributed by atoms with Gasteiger partial charge in [0.25, 0.3) is 0 Å². The number of nitrogens with one attached hydrogen (secondary N) is 1. The molecular formula is C12H17N3OS. The molecule has 2 rings (SSSR count). The highest BCUT2D eigenvalue weighted by atomic mass is 32.1. The maximum atomic E-state index is 5.68. The molecule has 4 nitrogen and oxygen atoms in total. The number of hydrogen-bond acceptors (Lipinski definition) is 5. The van der Waals surface area contributed by atoms with Crippen molar-refractivity contribution in [3.63, 3.8) is 0 Å². The predicted octanol–water partition coefficient (Wildman–Crippen LogP) is 2.78. The van der Waals surface area contributed by atoms with Gasteiger partial charge in [0.1, 0.15) is 0 Å². The van der Waals surface area contributed by atoms with Crippen molar-refractivity contribution in [2.45, 2.75) is 32.7 Å². The lowest BCUT2D eigenvalue weighted by Crippen LogP contribution is -2.20. The van der Waals surface area contributed by atoms with Gasteiger partial charge < -0.3 is 9.73 Å². The molecule has 5 heteroatoms. The third-order valence-corrected chi connectivity index (χ3v) is 3.31. The van der Waals surface area contributed by atoms with Crippen LogP contribution in [0.5, 0.6) is 0 Å². The van der Waals surface area contributed by atoms with E-state index in [2.05, 4.69) is 46.2 Å². The zero-order valence-corrected chi connectivity index (χ0v) is 11.0. The Kier molecular flexibility index (Phi) is 4.28. The van der Waals surface area contributed by atoms with Crippen LogP contribution in [-0.4, -0.2) is 16.7 Å². The van der Waals surface area contributed by atoms with Crippen molar-refractivity contribution in [3.05, 3.63) is 34.2 Å². The highest BCUT2D eigenvalue weighted by Gasteiger charge is 2.15. The molecule has 0 amide bonds. The van der Waals surface area contributed by atoms with E-state index in [9.17, 15) is 0 Å². The maximum Gasteiger partial charge on any atom is 0.233 e. The highest BCUT2D eigenvalue weighted by Crippen LogP contribution is 2.17. The summed E-state index contributed by atoms with van der Waals surface area (Å²) in [5.74, 6) is 1.38. The Morgan fingerprint density at radius 1 is 1.41 bits per heavy atom. The Bertz CT molecular complexity index is 438. The normalized spacial score (nSPS) is 12.8. The first-order valence-corrected chi connectivity index (χ1v) is 6.84. The van der Waals surface area contributed by atoms with Gasteiger partial charge in [-0.15, -0.1) is 10.2 Å². The average molecular weight is 251 g/mol. The van der Waals surface area contributed by atoms with Crippen molar-refractivity contribution < 1.29 is 4.42 Å². The van der Waals surface area contributed by atoms with Crippen LogP contribution < -0.4 is 5.32 Å². The van der Waals surface area contributed by atoms with Gasteiger partial charge in [-0.25, -0.2) is 0 Å². The summed E-state index contributed by atoms with van der Waals surface area (Å²) in [6.45, 7) is 5.09. The molecule has 2 aromatic rings. The van der Waals surface area contributed by atoms with Gasteiger partial charge in [-0.3, -0.25) is 0 Å². The summed E-state index contributed by atoms with van der Waals surface area (Å²) in [7, 11) is 0. The molecule has 0 radical (unpaired) electrons. The molecule has 92 valence electrons. The van der Waals surface area contributed by atoms with Crippen molar-refractivity contribution in [1.82, 2.24) is 15.5 Å². The van der Waals surface area contributed by atoms with Crippen LogP contribution in [0.15, 0.2) is 21.2 Å². The zero-order valence-electron chi connectivity index (χ0n) is 10.1. The first-order chi connectivity index (χ1) is 8.33. The second-order valence-corrected chi connectivity index (χ2v) is 4.64. The van der Waals surface area contributed by atoms with E-state index < -0.39 is 0 Å². The van der Waals surface area contributed by atoms with Gasteiger partial charge in [0.2, 0.25) is 11.8 Å². The topological polar surface area (TPSA) is 51.0 Å². The van der Waals surface area contributed by atoms with E-state index in [-0.39, 0.29) is 6.04 Å². The van der Waals surface area contributed by atoms with Crippen LogP contribution in [0.3, 0.4) is 0 Å². The third kappa shape index (κ3) is 3.14. The molecule has 0 spiro atoms. The first kappa shape index (κ1) is 12.3. The summed E-state index contributed by atoms with van der Waals surface area (Å²) in [5, 5.41) is 15.7. The zero-order chi connectivity index (χ0) is 12.1. The van der Waals surface area contributed by atoms with E-state index in [0.717, 1.165) is 19.4 Å². The molecule has 1 N–H and O–H groups in total. The van der Waals surface area contributed by atoms with Gasteiger partial charge in [0.05, 0.1) is 12.5 Å². The SMILES string of the molecule is CCNC(CC)c1nnc(Cc2ccsc2)o1. The van der Waals surface area contributed by atoms with Gasteiger partial charge in [0, 0.05) is 0 Å². The van der Waals surface area contributed by atoms with E-state index >= 15 is 0 Å². The van der Waals surface area contributed by atoms with Crippen molar-refractivity contribution in [2.24, 2.45) is 0 Å².